The average molecular weight is 274 g/mol. The highest BCUT2D eigenvalue weighted by Gasteiger charge is 2.38. The molecule has 0 saturated heterocycles. The lowest BCUT2D eigenvalue weighted by Gasteiger charge is -2.24. The van der Waals surface area contributed by atoms with E-state index in [-0.39, 0.29) is 0 Å². The normalized spacial score (nSPS) is 13.3. The van der Waals surface area contributed by atoms with Gasteiger partial charge in [0.25, 0.3) is 0 Å². The molecule has 0 amide bonds. The molecule has 0 radical (unpaired) electrons. The second-order valence-corrected chi connectivity index (χ2v) is 6.57. The first-order chi connectivity index (χ1) is 6.91. The number of carbonyl (C=O) groups excluding carboxylic acids is 1. The Hall–Kier alpha value is -0.140. The van der Waals surface area contributed by atoms with Gasteiger partial charge in [0.15, 0.2) is 0 Å². The van der Waals surface area contributed by atoms with E-state index in [1.54, 1.807) is 0 Å². The standard InChI is InChI=1S/C6H11O6PS2/c1-10-13(15,11-2)4(3-5(7)8)6(9)12-14/h4,14H,3H2,1-2H3,(H,7,8). The topological polar surface area (TPSA) is 82.1 Å². The molecule has 88 valence electrons. The fourth-order valence-electron chi connectivity index (χ4n) is 0.879. The first-order valence-corrected chi connectivity index (χ1v) is 6.76. The van der Waals surface area contributed by atoms with Crippen molar-refractivity contribution in [2.45, 2.75) is 12.1 Å². The molecule has 9 heteroatoms. The van der Waals surface area contributed by atoms with Gasteiger partial charge in [-0.2, -0.15) is 0 Å². The number of rotatable bonds is 6. The number of aliphatic carboxylic acids is 1. The lowest BCUT2D eigenvalue weighted by molar-refractivity contribution is -0.141. The minimum atomic E-state index is -2.99. The van der Waals surface area contributed by atoms with Gasteiger partial charge in [0.1, 0.15) is 5.66 Å². The minimum absolute atomic E-state index is 0.516. The largest absolute Gasteiger partial charge is 0.481 e. The summed E-state index contributed by atoms with van der Waals surface area (Å²) in [5.74, 6) is -2.06. The van der Waals surface area contributed by atoms with Gasteiger partial charge in [-0.1, -0.05) is 0 Å². The molecule has 1 N–H and O–H groups in total. The number of carboxylic acid groups (broad SMARTS) is 1. The molecule has 0 aliphatic rings. The van der Waals surface area contributed by atoms with E-state index in [0.717, 1.165) is 0 Å². The first-order valence-electron chi connectivity index (χ1n) is 3.69. The zero-order chi connectivity index (χ0) is 12.1. The minimum Gasteiger partial charge on any atom is -0.481 e. The molecule has 0 spiro atoms. The summed E-state index contributed by atoms with van der Waals surface area (Å²) in [4.78, 5) is 21.8. The summed E-state index contributed by atoms with van der Waals surface area (Å²) in [5.41, 5.74) is -1.16. The second kappa shape index (κ2) is 6.44. The van der Waals surface area contributed by atoms with Crippen molar-refractivity contribution >= 4 is 43.1 Å². The molecule has 0 aliphatic carbocycles. The van der Waals surface area contributed by atoms with E-state index in [0.29, 0.717) is 0 Å². The molecular weight excluding hydrogens is 263 g/mol. The van der Waals surface area contributed by atoms with Gasteiger partial charge in [-0.05, 0) is 11.8 Å². The third-order valence-corrected chi connectivity index (χ3v) is 5.63. The zero-order valence-corrected chi connectivity index (χ0v) is 10.7. The van der Waals surface area contributed by atoms with Crippen molar-refractivity contribution in [1.29, 1.82) is 0 Å². The van der Waals surface area contributed by atoms with Crippen molar-refractivity contribution in [2.24, 2.45) is 0 Å². The van der Waals surface area contributed by atoms with E-state index in [1.807, 2.05) is 0 Å². The van der Waals surface area contributed by atoms with Crippen LogP contribution in [0.3, 0.4) is 0 Å². The van der Waals surface area contributed by atoms with Gasteiger partial charge >= 0.3 is 11.9 Å². The number of thiol groups is 1. The summed E-state index contributed by atoms with van der Waals surface area (Å²) in [6.07, 6.45) is -0.516. The number of hydrogen-bond acceptors (Lipinski definition) is 7. The zero-order valence-electron chi connectivity index (χ0n) is 8.08. The molecule has 0 saturated carbocycles. The maximum atomic E-state index is 11.3. The summed E-state index contributed by atoms with van der Waals surface area (Å²) in [6, 6.07) is 0. The Morgan fingerprint density at radius 3 is 2.20 bits per heavy atom. The summed E-state index contributed by atoms with van der Waals surface area (Å²) < 4.78 is 13.9. The summed E-state index contributed by atoms with van der Waals surface area (Å²) in [6.45, 7) is -2.99. The molecular formula is C6H11O6PS2. The van der Waals surface area contributed by atoms with Gasteiger partial charge in [0.2, 0.25) is 6.49 Å². The van der Waals surface area contributed by atoms with E-state index >= 15 is 0 Å². The number of carbonyl (C=O) groups is 2. The first kappa shape index (κ1) is 14.9. The average Bonchev–Trinajstić information content (AvgIpc) is 2.23. The number of hydrogen-bond donors (Lipinski definition) is 2. The van der Waals surface area contributed by atoms with Gasteiger partial charge in [-0.3, -0.25) is 9.59 Å². The summed E-state index contributed by atoms with van der Waals surface area (Å²) >= 11 is 8.26. The summed E-state index contributed by atoms with van der Waals surface area (Å²) in [5, 5.41) is 8.61. The van der Waals surface area contributed by atoms with E-state index < -0.39 is 30.5 Å². The van der Waals surface area contributed by atoms with Crippen LogP contribution in [0.5, 0.6) is 0 Å². The predicted octanol–water partition coefficient (Wildman–Crippen LogP) is 0.820. The Balaban J connectivity index is 4.99. The maximum absolute atomic E-state index is 11.3. The van der Waals surface area contributed by atoms with Crippen LogP contribution in [0.1, 0.15) is 6.42 Å². The quantitative estimate of drug-likeness (QED) is 0.421. The molecule has 0 rings (SSSR count). The highest BCUT2D eigenvalue weighted by Crippen LogP contribution is 2.53. The lowest BCUT2D eigenvalue weighted by atomic mass is 10.3. The molecule has 0 bridgehead atoms. The maximum Gasteiger partial charge on any atom is 0.331 e. The van der Waals surface area contributed by atoms with Crippen LogP contribution in [0.4, 0.5) is 0 Å². The molecule has 6 nitrogen and oxygen atoms in total. The van der Waals surface area contributed by atoms with E-state index in [9.17, 15) is 9.59 Å². The van der Waals surface area contributed by atoms with Gasteiger partial charge in [0, 0.05) is 27.1 Å². The highest BCUT2D eigenvalue weighted by molar-refractivity contribution is 8.10. The monoisotopic (exact) mass is 274 g/mol. The molecule has 15 heavy (non-hydrogen) atoms. The number of carboxylic acids is 1. The van der Waals surface area contributed by atoms with Gasteiger partial charge < -0.3 is 18.3 Å². The van der Waals surface area contributed by atoms with Crippen molar-refractivity contribution in [3.05, 3.63) is 0 Å². The van der Waals surface area contributed by atoms with Crippen molar-refractivity contribution < 1.29 is 27.9 Å². The Bertz CT molecular complexity index is 285. The van der Waals surface area contributed by atoms with Gasteiger partial charge in [-0.15, -0.1) is 0 Å². The van der Waals surface area contributed by atoms with Crippen LogP contribution in [0.2, 0.25) is 0 Å². The molecule has 0 aromatic carbocycles. The van der Waals surface area contributed by atoms with Crippen LogP contribution in [-0.2, 0) is 34.6 Å². The fourth-order valence-corrected chi connectivity index (χ4v) is 2.92. The van der Waals surface area contributed by atoms with Crippen molar-refractivity contribution in [2.75, 3.05) is 14.2 Å². The Kier molecular flexibility index (Phi) is 6.38. The van der Waals surface area contributed by atoms with Gasteiger partial charge in [-0.25, -0.2) is 0 Å². The van der Waals surface area contributed by atoms with E-state index in [2.05, 4.69) is 17.1 Å². The molecule has 1 unspecified atom stereocenters. The fraction of sp³-hybridized carbons (Fsp3) is 0.667. The third-order valence-electron chi connectivity index (χ3n) is 1.62. The molecule has 1 atom stereocenters. The molecule has 0 aliphatic heterocycles. The van der Waals surface area contributed by atoms with Crippen LogP contribution in [0.25, 0.3) is 0 Å². The van der Waals surface area contributed by atoms with Crippen LogP contribution < -0.4 is 0 Å². The Morgan fingerprint density at radius 1 is 1.47 bits per heavy atom. The van der Waals surface area contributed by atoms with Crippen LogP contribution in [-0.4, -0.2) is 36.9 Å². The molecule has 0 heterocycles. The Labute approximate surface area is 97.7 Å². The van der Waals surface area contributed by atoms with Crippen LogP contribution >= 0.6 is 19.4 Å². The summed E-state index contributed by atoms with van der Waals surface area (Å²) in [7, 11) is 2.51. The van der Waals surface area contributed by atoms with Crippen molar-refractivity contribution in [3.8, 4) is 0 Å². The predicted molar refractivity (Wildman–Crippen MR) is 59.4 cm³/mol. The molecule has 0 aromatic heterocycles. The van der Waals surface area contributed by atoms with E-state index in [1.165, 1.54) is 14.2 Å². The molecule has 0 fully saturated rings. The highest BCUT2D eigenvalue weighted by atomic mass is 32.5. The van der Waals surface area contributed by atoms with Crippen molar-refractivity contribution in [1.82, 2.24) is 0 Å². The molecule has 0 aromatic rings. The van der Waals surface area contributed by atoms with Crippen LogP contribution in [0, 0.1) is 0 Å². The second-order valence-electron chi connectivity index (χ2n) is 2.43. The Morgan fingerprint density at radius 2 is 1.93 bits per heavy atom. The van der Waals surface area contributed by atoms with Gasteiger partial charge in [0.05, 0.1) is 6.42 Å². The van der Waals surface area contributed by atoms with E-state index in [4.69, 9.17) is 26.0 Å². The van der Waals surface area contributed by atoms with Crippen molar-refractivity contribution in [3.63, 3.8) is 0 Å². The smallest absolute Gasteiger partial charge is 0.331 e. The third kappa shape index (κ3) is 4.08. The van der Waals surface area contributed by atoms with Crippen LogP contribution in [0.15, 0.2) is 0 Å². The SMILES string of the molecule is COP(=S)(OC)C(CC(=O)O)C(=O)OS. The lowest BCUT2D eigenvalue weighted by Crippen LogP contribution is -2.25.